The molecule has 2 aromatic carbocycles. The fourth-order valence-corrected chi connectivity index (χ4v) is 4.53. The number of aromatic nitrogens is 1. The fraction of sp³-hybridized carbons (Fsp3) is 0.360. The summed E-state index contributed by atoms with van der Waals surface area (Å²) in [6.45, 7) is 2.34. The number of fused-ring (bicyclic) bond motifs is 1. The lowest BCUT2D eigenvalue weighted by atomic mass is 10.1. The lowest BCUT2D eigenvalue weighted by Gasteiger charge is -2.28. The second kappa shape index (κ2) is 8.81. The number of halogens is 3. The van der Waals surface area contributed by atoms with Crippen LogP contribution in [-0.4, -0.2) is 28.0 Å². The Balaban J connectivity index is 1.63. The Morgan fingerprint density at radius 3 is 2.56 bits per heavy atom. The van der Waals surface area contributed by atoms with Gasteiger partial charge in [0.2, 0.25) is 5.91 Å². The fourth-order valence-electron chi connectivity index (χ4n) is 4.53. The highest BCUT2D eigenvalue weighted by molar-refractivity contribution is 5.80. The van der Waals surface area contributed by atoms with E-state index in [1.54, 1.807) is 30.0 Å². The van der Waals surface area contributed by atoms with Crippen LogP contribution in [0, 0.1) is 6.92 Å². The van der Waals surface area contributed by atoms with Gasteiger partial charge in [0.15, 0.2) is 5.43 Å². The molecule has 1 aliphatic rings. The minimum atomic E-state index is -4.67. The molecule has 0 bridgehead atoms. The van der Waals surface area contributed by atoms with Crippen LogP contribution < -0.4 is 5.43 Å². The summed E-state index contributed by atoms with van der Waals surface area (Å²) in [5.74, 6) is -0.0499. The van der Waals surface area contributed by atoms with Crippen LogP contribution in [0.3, 0.4) is 0 Å². The molecule has 4 rings (SSSR count). The maximum absolute atomic E-state index is 13.8. The molecule has 0 radical (unpaired) electrons. The molecule has 7 heteroatoms. The molecule has 0 spiro atoms. The summed E-state index contributed by atoms with van der Waals surface area (Å²) in [5, 5.41) is 0.262. The van der Waals surface area contributed by atoms with Crippen LogP contribution in [0.1, 0.15) is 36.1 Å². The normalized spacial score (nSPS) is 16.6. The van der Waals surface area contributed by atoms with Gasteiger partial charge in [-0.25, -0.2) is 0 Å². The van der Waals surface area contributed by atoms with Crippen LogP contribution >= 0.6 is 0 Å². The number of hydrogen-bond donors (Lipinski definition) is 0. The Labute approximate surface area is 184 Å². The van der Waals surface area contributed by atoms with Gasteiger partial charge in [-0.1, -0.05) is 42.0 Å². The molecule has 4 nitrogen and oxygen atoms in total. The lowest BCUT2D eigenvalue weighted by molar-refractivity contribution is -0.144. The van der Waals surface area contributed by atoms with E-state index in [4.69, 9.17) is 0 Å². The maximum atomic E-state index is 13.8. The molecule has 1 amide bonds. The van der Waals surface area contributed by atoms with E-state index in [1.807, 2.05) is 30.3 Å². The van der Waals surface area contributed by atoms with E-state index in [2.05, 4.69) is 0 Å². The van der Waals surface area contributed by atoms with Crippen molar-refractivity contribution in [1.29, 1.82) is 0 Å². The van der Waals surface area contributed by atoms with Gasteiger partial charge in [-0.2, -0.15) is 13.2 Å². The van der Waals surface area contributed by atoms with Crippen molar-refractivity contribution in [2.24, 2.45) is 0 Å². The summed E-state index contributed by atoms with van der Waals surface area (Å²) in [7, 11) is 0. The Bertz CT molecular complexity index is 1190. The second-order valence-electron chi connectivity index (χ2n) is 8.39. The molecule has 0 unspecified atom stereocenters. The zero-order valence-corrected chi connectivity index (χ0v) is 17.9. The van der Waals surface area contributed by atoms with E-state index in [1.165, 1.54) is 4.57 Å². The second-order valence-corrected chi connectivity index (χ2v) is 8.39. The number of hydrogen-bond acceptors (Lipinski definition) is 2. The van der Waals surface area contributed by atoms with Crippen molar-refractivity contribution in [3.63, 3.8) is 0 Å². The van der Waals surface area contributed by atoms with Crippen molar-refractivity contribution < 1.29 is 18.0 Å². The quantitative estimate of drug-likeness (QED) is 0.561. The minimum Gasteiger partial charge on any atom is -0.338 e. The summed E-state index contributed by atoms with van der Waals surface area (Å²) >= 11 is 0. The third kappa shape index (κ3) is 4.56. The van der Waals surface area contributed by atoms with Gasteiger partial charge < -0.3 is 9.47 Å². The van der Waals surface area contributed by atoms with Crippen molar-refractivity contribution in [1.82, 2.24) is 9.47 Å². The Kier molecular flexibility index (Phi) is 6.09. The summed E-state index contributed by atoms with van der Waals surface area (Å²) in [4.78, 5) is 27.0. The molecule has 0 saturated carbocycles. The molecule has 0 N–H and O–H groups in total. The van der Waals surface area contributed by atoms with E-state index in [0.29, 0.717) is 31.9 Å². The number of likely N-dealkylation sites (tertiary alicyclic amines) is 1. The Morgan fingerprint density at radius 2 is 1.84 bits per heavy atom. The maximum Gasteiger partial charge on any atom is 0.431 e. The third-order valence-electron chi connectivity index (χ3n) is 6.12. The van der Waals surface area contributed by atoms with Crippen molar-refractivity contribution in [3.8, 4) is 0 Å². The smallest absolute Gasteiger partial charge is 0.338 e. The average molecular weight is 442 g/mol. The molecule has 1 aromatic heterocycles. The first-order valence-corrected chi connectivity index (χ1v) is 10.8. The van der Waals surface area contributed by atoms with E-state index < -0.39 is 17.3 Å². The highest BCUT2D eigenvalue weighted by Gasteiger charge is 2.37. The van der Waals surface area contributed by atoms with E-state index >= 15 is 0 Å². The highest BCUT2D eigenvalue weighted by atomic mass is 19.4. The van der Waals surface area contributed by atoms with Gasteiger partial charge in [0.05, 0.1) is 5.52 Å². The monoisotopic (exact) mass is 442 g/mol. The summed E-state index contributed by atoms with van der Waals surface area (Å²) < 4.78 is 42.7. The number of alkyl halides is 3. The van der Waals surface area contributed by atoms with Crippen LogP contribution in [0.25, 0.3) is 10.9 Å². The molecule has 3 aromatic rings. The number of aryl methyl sites for hydroxylation is 2. The zero-order chi connectivity index (χ0) is 22.9. The minimum absolute atomic E-state index is 0.00572. The lowest BCUT2D eigenvalue weighted by Crippen LogP contribution is -2.39. The average Bonchev–Trinajstić information content (AvgIpc) is 3.22. The Hall–Kier alpha value is -3.09. The number of carbonyl (C=O) groups excluding carboxylic acids is 1. The van der Waals surface area contributed by atoms with E-state index in [0.717, 1.165) is 17.5 Å². The molecule has 1 fully saturated rings. The number of pyridine rings is 1. The van der Waals surface area contributed by atoms with Crippen molar-refractivity contribution in [3.05, 3.63) is 81.6 Å². The molecule has 168 valence electrons. The predicted molar refractivity (Wildman–Crippen MR) is 117 cm³/mol. The summed E-state index contributed by atoms with van der Waals surface area (Å²) in [6, 6.07) is 14.9. The zero-order valence-electron chi connectivity index (χ0n) is 17.9. The van der Waals surface area contributed by atoms with Crippen molar-refractivity contribution in [2.75, 3.05) is 6.54 Å². The largest absolute Gasteiger partial charge is 0.431 e. The number of benzene rings is 2. The highest BCUT2D eigenvalue weighted by Crippen LogP contribution is 2.32. The SMILES string of the molecule is Cc1ccc2c(c1)c(=O)cc(C(F)(F)F)n2C[C@H]1CCCN1C(=O)CCc1ccccc1. The van der Waals surface area contributed by atoms with E-state index in [9.17, 15) is 22.8 Å². The number of amides is 1. The van der Waals surface area contributed by atoms with Gasteiger partial charge in [-0.3, -0.25) is 9.59 Å². The first-order valence-electron chi connectivity index (χ1n) is 10.8. The number of rotatable bonds is 5. The molecule has 0 aliphatic carbocycles. The number of carbonyl (C=O) groups is 1. The topological polar surface area (TPSA) is 42.3 Å². The van der Waals surface area contributed by atoms with Gasteiger partial charge in [-0.05, 0) is 43.9 Å². The number of nitrogens with zero attached hydrogens (tertiary/aromatic N) is 2. The van der Waals surface area contributed by atoms with E-state index in [-0.39, 0.29) is 29.4 Å². The van der Waals surface area contributed by atoms with Gasteiger partial charge >= 0.3 is 6.18 Å². The van der Waals surface area contributed by atoms with Gasteiger partial charge in [0, 0.05) is 37.0 Å². The van der Waals surface area contributed by atoms with Crippen molar-refractivity contribution >= 4 is 16.8 Å². The van der Waals surface area contributed by atoms with Crippen molar-refractivity contribution in [2.45, 2.75) is 51.4 Å². The first-order chi connectivity index (χ1) is 15.2. The van der Waals surface area contributed by atoms with Crippen LogP contribution in [0.15, 0.2) is 59.4 Å². The van der Waals surface area contributed by atoms with Crippen LogP contribution in [0.2, 0.25) is 0 Å². The Morgan fingerprint density at radius 1 is 1.09 bits per heavy atom. The van der Waals surface area contributed by atoms with Gasteiger partial charge in [-0.15, -0.1) is 0 Å². The molecule has 32 heavy (non-hydrogen) atoms. The summed E-state index contributed by atoms with van der Waals surface area (Å²) in [5.41, 5.74) is 0.494. The van der Waals surface area contributed by atoms with Crippen LogP contribution in [-0.2, 0) is 23.9 Å². The molecule has 1 saturated heterocycles. The van der Waals surface area contributed by atoms with Gasteiger partial charge in [0.25, 0.3) is 0 Å². The van der Waals surface area contributed by atoms with Crippen LogP contribution in [0.4, 0.5) is 13.2 Å². The molecule has 1 atom stereocenters. The van der Waals surface area contributed by atoms with Gasteiger partial charge in [0.1, 0.15) is 5.69 Å². The summed E-state index contributed by atoms with van der Waals surface area (Å²) in [6.07, 6.45) is -2.37. The molecular weight excluding hydrogens is 417 g/mol. The standard InChI is InChI=1S/C25H25F3N2O2/c1-17-9-11-21-20(14-17)22(31)15-23(25(26,27)28)30(21)16-19-8-5-13-29(19)24(32)12-10-18-6-3-2-4-7-18/h2-4,6-7,9,11,14-15,19H,5,8,10,12-13,16H2,1H3/t19-/m1/s1. The van der Waals surface area contributed by atoms with Crippen LogP contribution in [0.5, 0.6) is 0 Å². The molecular formula is C25H25F3N2O2. The molecule has 1 aliphatic heterocycles. The third-order valence-corrected chi connectivity index (χ3v) is 6.12. The predicted octanol–water partition coefficient (Wildman–Crippen LogP) is 4.95. The molecule has 2 heterocycles. The first kappa shape index (κ1) is 22.1.